The van der Waals surface area contributed by atoms with Gasteiger partial charge in [-0.1, -0.05) is 11.6 Å². The van der Waals surface area contributed by atoms with Crippen LogP contribution in [0, 0.1) is 0 Å². The summed E-state index contributed by atoms with van der Waals surface area (Å²) in [4.78, 5) is 11.9. The van der Waals surface area contributed by atoms with E-state index in [2.05, 4.69) is 5.32 Å². The summed E-state index contributed by atoms with van der Waals surface area (Å²) in [5.41, 5.74) is 1.78. The predicted octanol–water partition coefficient (Wildman–Crippen LogP) is 3.98. The van der Waals surface area contributed by atoms with Gasteiger partial charge in [-0.3, -0.25) is 4.79 Å². The van der Waals surface area contributed by atoms with E-state index in [0.29, 0.717) is 22.9 Å². The first kappa shape index (κ1) is 13.9. The van der Waals surface area contributed by atoms with E-state index in [9.17, 15) is 4.79 Å². The number of methoxy groups -OCH3 is 1. The summed E-state index contributed by atoms with van der Waals surface area (Å²) in [6, 6.07) is 7.17. The quantitative estimate of drug-likeness (QED) is 0.906. The van der Waals surface area contributed by atoms with Crippen molar-refractivity contribution in [3.63, 3.8) is 0 Å². The maximum atomic E-state index is 11.9. The fourth-order valence-corrected chi connectivity index (χ4v) is 2.56. The van der Waals surface area contributed by atoms with Gasteiger partial charge < -0.3 is 10.1 Å². The zero-order valence-corrected chi connectivity index (χ0v) is 12.1. The third-order valence-corrected chi connectivity index (χ3v) is 3.62. The van der Waals surface area contributed by atoms with Crippen molar-refractivity contribution in [3.05, 3.63) is 45.6 Å². The van der Waals surface area contributed by atoms with Crippen LogP contribution in [0.3, 0.4) is 0 Å². The molecule has 0 aliphatic rings. The number of nitrogens with one attached hydrogen (secondary N) is 1. The standard InChI is InChI=1S/C14H14ClNO2S/c1-18-13-4-3-11(15)8-12(13)16-14(17)5-2-10-6-7-19-9-10/h3-4,6-9H,2,5H2,1H3,(H,16,17). The van der Waals surface area contributed by atoms with Crippen molar-refractivity contribution in [2.24, 2.45) is 0 Å². The van der Waals surface area contributed by atoms with E-state index in [0.717, 1.165) is 6.42 Å². The highest BCUT2D eigenvalue weighted by Crippen LogP contribution is 2.27. The summed E-state index contributed by atoms with van der Waals surface area (Å²) in [5, 5.41) is 7.44. The molecule has 0 spiro atoms. The summed E-state index contributed by atoms with van der Waals surface area (Å²) >= 11 is 7.54. The summed E-state index contributed by atoms with van der Waals surface area (Å²) in [6.07, 6.45) is 1.17. The Labute approximate surface area is 121 Å². The number of hydrogen-bond donors (Lipinski definition) is 1. The van der Waals surface area contributed by atoms with Crippen LogP contribution in [-0.4, -0.2) is 13.0 Å². The van der Waals surface area contributed by atoms with E-state index in [1.165, 1.54) is 5.56 Å². The van der Waals surface area contributed by atoms with Crippen molar-refractivity contribution in [3.8, 4) is 5.75 Å². The van der Waals surface area contributed by atoms with Gasteiger partial charge in [0.25, 0.3) is 0 Å². The Balaban J connectivity index is 1.96. The van der Waals surface area contributed by atoms with Crippen molar-refractivity contribution in [2.75, 3.05) is 12.4 Å². The van der Waals surface area contributed by atoms with E-state index in [-0.39, 0.29) is 5.91 Å². The van der Waals surface area contributed by atoms with Gasteiger partial charge in [0.15, 0.2) is 0 Å². The number of rotatable bonds is 5. The molecular weight excluding hydrogens is 282 g/mol. The molecule has 2 aromatic rings. The molecule has 5 heteroatoms. The van der Waals surface area contributed by atoms with Crippen LogP contribution in [0.4, 0.5) is 5.69 Å². The van der Waals surface area contributed by atoms with Crippen LogP contribution in [0.15, 0.2) is 35.0 Å². The Kier molecular flexibility index (Phi) is 4.82. The Morgan fingerprint density at radius 3 is 2.95 bits per heavy atom. The first-order chi connectivity index (χ1) is 9.19. The molecule has 19 heavy (non-hydrogen) atoms. The van der Waals surface area contributed by atoms with E-state index < -0.39 is 0 Å². The fourth-order valence-electron chi connectivity index (χ4n) is 1.68. The molecule has 0 atom stereocenters. The summed E-state index contributed by atoms with van der Waals surface area (Å²) < 4.78 is 5.18. The molecule has 1 N–H and O–H groups in total. The third kappa shape index (κ3) is 3.98. The van der Waals surface area contributed by atoms with Gasteiger partial charge in [0.05, 0.1) is 12.8 Å². The van der Waals surface area contributed by atoms with E-state index in [4.69, 9.17) is 16.3 Å². The molecule has 0 aliphatic heterocycles. The Morgan fingerprint density at radius 2 is 2.26 bits per heavy atom. The lowest BCUT2D eigenvalue weighted by Gasteiger charge is -2.10. The van der Waals surface area contributed by atoms with Gasteiger partial charge in [0, 0.05) is 11.4 Å². The average molecular weight is 296 g/mol. The number of amides is 1. The van der Waals surface area contributed by atoms with Crippen LogP contribution in [0.2, 0.25) is 5.02 Å². The minimum Gasteiger partial charge on any atom is -0.495 e. The third-order valence-electron chi connectivity index (χ3n) is 2.66. The molecule has 0 fully saturated rings. The number of hydrogen-bond acceptors (Lipinski definition) is 3. The average Bonchev–Trinajstić information content (AvgIpc) is 2.90. The first-order valence-corrected chi connectivity index (χ1v) is 7.15. The van der Waals surface area contributed by atoms with Gasteiger partial charge in [0.2, 0.25) is 5.91 Å². The Morgan fingerprint density at radius 1 is 1.42 bits per heavy atom. The number of thiophene rings is 1. The highest BCUT2D eigenvalue weighted by molar-refractivity contribution is 7.07. The highest BCUT2D eigenvalue weighted by Gasteiger charge is 2.08. The van der Waals surface area contributed by atoms with Crippen LogP contribution < -0.4 is 10.1 Å². The number of carbonyl (C=O) groups excluding carboxylic acids is 1. The van der Waals surface area contributed by atoms with E-state index in [1.54, 1.807) is 36.6 Å². The molecule has 0 saturated heterocycles. The maximum absolute atomic E-state index is 11.9. The zero-order chi connectivity index (χ0) is 13.7. The van der Waals surface area contributed by atoms with Crippen molar-refractivity contribution in [2.45, 2.75) is 12.8 Å². The maximum Gasteiger partial charge on any atom is 0.224 e. The van der Waals surface area contributed by atoms with Crippen LogP contribution in [-0.2, 0) is 11.2 Å². The van der Waals surface area contributed by atoms with Crippen LogP contribution in [0.5, 0.6) is 5.75 Å². The number of aryl methyl sites for hydroxylation is 1. The SMILES string of the molecule is COc1ccc(Cl)cc1NC(=O)CCc1ccsc1. The number of carbonyl (C=O) groups is 1. The lowest BCUT2D eigenvalue weighted by atomic mass is 10.2. The van der Waals surface area contributed by atoms with Gasteiger partial charge in [0.1, 0.15) is 5.75 Å². The first-order valence-electron chi connectivity index (χ1n) is 5.83. The smallest absolute Gasteiger partial charge is 0.224 e. The predicted molar refractivity (Wildman–Crippen MR) is 79.3 cm³/mol. The van der Waals surface area contributed by atoms with Gasteiger partial charge in [-0.2, -0.15) is 11.3 Å². The molecule has 1 aromatic heterocycles. The fraction of sp³-hybridized carbons (Fsp3) is 0.214. The topological polar surface area (TPSA) is 38.3 Å². The van der Waals surface area contributed by atoms with Gasteiger partial charge in [-0.05, 0) is 47.0 Å². The van der Waals surface area contributed by atoms with Crippen LogP contribution >= 0.6 is 22.9 Å². The summed E-state index contributed by atoms with van der Waals surface area (Å²) in [7, 11) is 1.56. The van der Waals surface area contributed by atoms with Crippen molar-refractivity contribution in [1.82, 2.24) is 0 Å². The van der Waals surface area contributed by atoms with Gasteiger partial charge in [-0.25, -0.2) is 0 Å². The largest absolute Gasteiger partial charge is 0.495 e. The lowest BCUT2D eigenvalue weighted by molar-refractivity contribution is -0.116. The molecule has 0 unspecified atom stereocenters. The van der Waals surface area contributed by atoms with Crippen LogP contribution in [0.25, 0.3) is 0 Å². The highest BCUT2D eigenvalue weighted by atomic mass is 35.5. The second kappa shape index (κ2) is 6.59. The normalized spacial score (nSPS) is 10.2. The second-order valence-electron chi connectivity index (χ2n) is 4.02. The molecule has 3 nitrogen and oxygen atoms in total. The van der Waals surface area contributed by atoms with Gasteiger partial charge in [-0.15, -0.1) is 0 Å². The van der Waals surface area contributed by atoms with Crippen molar-refractivity contribution >= 4 is 34.5 Å². The molecule has 0 radical (unpaired) electrons. The molecule has 2 rings (SSSR count). The molecule has 1 amide bonds. The Bertz CT molecular complexity index is 555. The van der Waals surface area contributed by atoms with Crippen molar-refractivity contribution < 1.29 is 9.53 Å². The molecule has 1 aromatic carbocycles. The number of halogens is 1. The minimum atomic E-state index is -0.0493. The number of ether oxygens (including phenoxy) is 1. The molecule has 0 saturated carbocycles. The number of benzene rings is 1. The molecular formula is C14H14ClNO2S. The van der Waals surface area contributed by atoms with E-state index >= 15 is 0 Å². The molecule has 100 valence electrons. The molecule has 0 aliphatic carbocycles. The summed E-state index contributed by atoms with van der Waals surface area (Å²) in [6.45, 7) is 0. The van der Waals surface area contributed by atoms with Crippen molar-refractivity contribution in [1.29, 1.82) is 0 Å². The summed E-state index contributed by atoms with van der Waals surface area (Å²) in [5.74, 6) is 0.556. The molecule has 1 heterocycles. The monoisotopic (exact) mass is 295 g/mol. The van der Waals surface area contributed by atoms with Gasteiger partial charge >= 0.3 is 0 Å². The zero-order valence-electron chi connectivity index (χ0n) is 10.5. The minimum absolute atomic E-state index is 0.0493. The van der Waals surface area contributed by atoms with Crippen LogP contribution in [0.1, 0.15) is 12.0 Å². The Hall–Kier alpha value is -1.52. The number of anilines is 1. The lowest BCUT2D eigenvalue weighted by Crippen LogP contribution is -2.12. The second-order valence-corrected chi connectivity index (χ2v) is 5.24. The van der Waals surface area contributed by atoms with E-state index in [1.807, 2.05) is 16.8 Å². The molecule has 0 bridgehead atoms.